The number of carbonyl (C=O) groups is 5. The SMILES string of the molecule is COc1ccc(C(NCCCC[C@H](NC(=O)[C@H](Cc2cccc(F)c2)NC(=O)CCC(=O)NCCCOC2CC[C@@]3(C)C(=CC[C@H]4[C@@H]5CC[C@H]([C@H](C)CCCC(C)C)[C@@]5(C)CC[C@@H]43)C2)C(=O)Nc2ccc(COC(=O)Oc3ccc([N+](=O)[O-])cc3)cc2)(c2ccccc2)c2ccccc2)cc1. The van der Waals surface area contributed by atoms with Gasteiger partial charge in [0.2, 0.25) is 23.6 Å². The first-order valence-corrected chi connectivity index (χ1v) is 36.7. The summed E-state index contributed by atoms with van der Waals surface area (Å²) in [5, 5.41) is 26.5. The van der Waals surface area contributed by atoms with Crippen molar-refractivity contribution in [2.75, 3.05) is 32.1 Å². The van der Waals surface area contributed by atoms with Gasteiger partial charge in [-0.3, -0.25) is 34.6 Å². The average molecular weight is 1380 g/mol. The van der Waals surface area contributed by atoms with Crippen LogP contribution in [0.5, 0.6) is 11.5 Å². The number of non-ortho nitro benzene ring substituents is 1. The van der Waals surface area contributed by atoms with Gasteiger partial charge in [-0.15, -0.1) is 0 Å². The highest BCUT2D eigenvalue weighted by Crippen LogP contribution is 2.67. The minimum atomic E-state index is -1.27. The van der Waals surface area contributed by atoms with E-state index < -0.39 is 52.2 Å². The molecule has 0 aliphatic heterocycles. The van der Waals surface area contributed by atoms with E-state index in [4.69, 9.17) is 18.9 Å². The normalized spacial score (nSPS) is 21.6. The number of carbonyl (C=O) groups excluding carboxylic acids is 5. The number of hydrogen-bond acceptors (Lipinski definition) is 12. The Balaban J connectivity index is 0.743. The summed E-state index contributed by atoms with van der Waals surface area (Å²) in [4.78, 5) is 79.4. The molecule has 0 saturated heterocycles. The highest BCUT2D eigenvalue weighted by atomic mass is 19.1. The monoisotopic (exact) mass is 1380 g/mol. The molecule has 4 amide bonds. The van der Waals surface area contributed by atoms with E-state index in [-0.39, 0.29) is 61.2 Å². The van der Waals surface area contributed by atoms with E-state index in [1.165, 1.54) is 93.8 Å². The minimum absolute atomic E-state index is 0.0588. The van der Waals surface area contributed by atoms with Crippen molar-refractivity contribution in [2.45, 2.75) is 181 Å². The number of halogens is 1. The second-order valence-corrected chi connectivity index (χ2v) is 29.5. The number of amides is 4. The molecule has 0 aromatic heterocycles. The lowest BCUT2D eigenvalue weighted by molar-refractivity contribution is -0.384. The van der Waals surface area contributed by atoms with Crippen LogP contribution in [-0.2, 0) is 47.2 Å². The number of hydrogen-bond donors (Lipinski definition) is 5. The highest BCUT2D eigenvalue weighted by Gasteiger charge is 2.59. The fourth-order valence-electron chi connectivity index (χ4n) is 17.2. The number of nitro groups is 1. The van der Waals surface area contributed by atoms with Crippen molar-refractivity contribution < 1.29 is 52.2 Å². The van der Waals surface area contributed by atoms with Gasteiger partial charge in [0.1, 0.15) is 36.0 Å². The molecule has 0 radical (unpaired) electrons. The maximum atomic E-state index is 14.7. The van der Waals surface area contributed by atoms with Gasteiger partial charge in [0.05, 0.1) is 23.7 Å². The van der Waals surface area contributed by atoms with Gasteiger partial charge >= 0.3 is 6.16 Å². The molecular weight excluding hydrogens is 1280 g/mol. The largest absolute Gasteiger partial charge is 0.514 e. The first-order valence-electron chi connectivity index (χ1n) is 36.7. The molecule has 101 heavy (non-hydrogen) atoms. The van der Waals surface area contributed by atoms with E-state index in [2.05, 4.69) is 91.5 Å². The van der Waals surface area contributed by atoms with Crippen LogP contribution in [0.2, 0.25) is 0 Å². The first kappa shape index (κ1) is 74.9. The van der Waals surface area contributed by atoms with E-state index >= 15 is 0 Å². The standard InChI is InChI=1S/C83H103FN6O11/c1-56(2)18-15-19-57(3)71-41-42-72-70-40-31-63-54-69(45-47-81(63,4)73(70)46-48-82(71,72)5)99-51-17-49-85-76(91)43-44-77(92)88-75(53-59-20-16-25-64(84)52-59)79(94)89-74(78(93)87-65-32-27-58(28-33-65)55-100-80(95)101-68-38-34-66(35-39-68)90(96)97)26-13-14-50-86-83(60-21-9-7-10-22-60,61-23-11-8-12-24-61)62-29-36-67(98-6)37-30-62/h7-12,16,20-25,27-39,52,56-57,69-75,86H,13-15,17-19,26,40-51,53-55H2,1-6H3,(H,85,91)(H,87,93)(H,88,92)(H,89,94)/t57-,69?,70+,71-,72+,73+,74+,75+,81+,82-/m1/s1. The maximum absolute atomic E-state index is 14.7. The van der Waals surface area contributed by atoms with Crippen LogP contribution in [-0.4, -0.2) is 79.7 Å². The number of methoxy groups -OCH3 is 1. The predicted octanol–water partition coefficient (Wildman–Crippen LogP) is 16.1. The Kier molecular flexibility index (Phi) is 26.1. The molecule has 0 bridgehead atoms. The number of unbranched alkanes of at least 4 members (excludes halogenated alkanes) is 1. The molecule has 538 valence electrons. The molecule has 3 fully saturated rings. The van der Waals surface area contributed by atoms with Gasteiger partial charge in [-0.25, -0.2) is 9.18 Å². The molecule has 6 aromatic carbocycles. The van der Waals surface area contributed by atoms with Gasteiger partial charge in [-0.05, 0) is 206 Å². The lowest BCUT2D eigenvalue weighted by Crippen LogP contribution is -2.53. The molecule has 17 nitrogen and oxygen atoms in total. The van der Waals surface area contributed by atoms with Crippen molar-refractivity contribution in [3.63, 3.8) is 0 Å². The molecule has 4 aliphatic rings. The number of benzene rings is 6. The molecule has 10 atom stereocenters. The van der Waals surface area contributed by atoms with E-state index in [0.29, 0.717) is 66.9 Å². The molecule has 0 spiro atoms. The van der Waals surface area contributed by atoms with Gasteiger partial charge in [-0.2, -0.15) is 0 Å². The number of anilines is 1. The van der Waals surface area contributed by atoms with E-state index in [1.807, 2.05) is 60.7 Å². The van der Waals surface area contributed by atoms with Gasteiger partial charge < -0.3 is 40.2 Å². The van der Waals surface area contributed by atoms with E-state index in [9.17, 15) is 38.5 Å². The number of nitrogens with zero attached hydrogens (tertiary/aromatic N) is 1. The van der Waals surface area contributed by atoms with Crippen molar-refractivity contribution in [3.8, 4) is 11.5 Å². The summed E-state index contributed by atoms with van der Waals surface area (Å²) in [6, 6.07) is 43.0. The number of ether oxygens (including phenoxy) is 4. The quantitative estimate of drug-likeness (QED) is 0.00484. The van der Waals surface area contributed by atoms with Crippen LogP contribution < -0.4 is 36.1 Å². The van der Waals surface area contributed by atoms with Crippen LogP contribution in [0.4, 0.5) is 20.6 Å². The molecule has 6 aromatic rings. The Morgan fingerprint density at radius 2 is 1.36 bits per heavy atom. The summed E-state index contributed by atoms with van der Waals surface area (Å²) in [6.07, 6.45) is 16.9. The van der Waals surface area contributed by atoms with Crippen LogP contribution in [0, 0.1) is 62.3 Å². The van der Waals surface area contributed by atoms with Crippen LogP contribution >= 0.6 is 0 Å². The Bertz CT molecular complexity index is 3720. The first-order chi connectivity index (χ1) is 48.7. The van der Waals surface area contributed by atoms with Crippen molar-refractivity contribution in [2.24, 2.45) is 46.3 Å². The highest BCUT2D eigenvalue weighted by molar-refractivity contribution is 5.98. The third-order valence-corrected chi connectivity index (χ3v) is 22.5. The summed E-state index contributed by atoms with van der Waals surface area (Å²) < 4.78 is 37.3. The summed E-state index contributed by atoms with van der Waals surface area (Å²) >= 11 is 0. The van der Waals surface area contributed by atoms with Gasteiger partial charge in [0.25, 0.3) is 5.69 Å². The predicted molar refractivity (Wildman–Crippen MR) is 390 cm³/mol. The maximum Gasteiger partial charge on any atom is 0.514 e. The lowest BCUT2D eigenvalue weighted by Gasteiger charge is -2.58. The average Bonchev–Trinajstić information content (AvgIpc) is 1.69. The fourth-order valence-corrected chi connectivity index (χ4v) is 17.2. The Hall–Kier alpha value is -8.74. The zero-order valence-corrected chi connectivity index (χ0v) is 59.7. The summed E-state index contributed by atoms with van der Waals surface area (Å²) in [5.41, 5.74) is 5.64. The van der Waals surface area contributed by atoms with E-state index in [1.54, 1.807) is 43.0 Å². The fraction of sp³-hybridized carbons (Fsp3) is 0.482. The zero-order chi connectivity index (χ0) is 71.5. The molecule has 18 heteroatoms. The third-order valence-electron chi connectivity index (χ3n) is 22.5. The number of rotatable bonds is 34. The Morgan fingerprint density at radius 3 is 2.04 bits per heavy atom. The van der Waals surface area contributed by atoms with Crippen molar-refractivity contribution >= 4 is 41.2 Å². The number of nitro benzene ring substituents is 1. The zero-order valence-electron chi connectivity index (χ0n) is 59.7. The third kappa shape index (κ3) is 19.3. The van der Waals surface area contributed by atoms with E-state index in [0.717, 1.165) is 71.5 Å². The van der Waals surface area contributed by atoms with Crippen LogP contribution in [0.25, 0.3) is 0 Å². The van der Waals surface area contributed by atoms with Gasteiger partial charge in [0.15, 0.2) is 0 Å². The molecule has 3 saturated carbocycles. The second-order valence-electron chi connectivity index (χ2n) is 29.5. The van der Waals surface area contributed by atoms with Crippen molar-refractivity contribution in [3.05, 3.63) is 213 Å². The van der Waals surface area contributed by atoms with Crippen LogP contribution in [0.3, 0.4) is 0 Å². The molecule has 0 heterocycles. The molecule has 5 N–H and O–H groups in total. The number of nitrogens with one attached hydrogen (secondary N) is 5. The number of fused-ring (bicyclic) bond motifs is 5. The summed E-state index contributed by atoms with van der Waals surface area (Å²) in [7, 11) is 1.63. The minimum Gasteiger partial charge on any atom is -0.497 e. The Morgan fingerprint density at radius 1 is 0.663 bits per heavy atom. The van der Waals surface area contributed by atoms with Gasteiger partial charge in [0, 0.05) is 50.2 Å². The summed E-state index contributed by atoms with van der Waals surface area (Å²) in [5.74, 6) is 2.86. The number of allylic oxidation sites excluding steroid dienone is 1. The molecule has 1 unspecified atom stereocenters. The lowest BCUT2D eigenvalue weighted by atomic mass is 9.47. The van der Waals surface area contributed by atoms with Crippen molar-refractivity contribution in [1.29, 1.82) is 0 Å². The molecular formula is C83H103FN6O11. The second kappa shape index (κ2) is 35.2. The summed E-state index contributed by atoms with van der Waals surface area (Å²) in [6.45, 7) is 13.6. The molecule has 4 aliphatic carbocycles. The topological polar surface area (TPSA) is 226 Å². The molecule has 10 rings (SSSR count). The smallest absolute Gasteiger partial charge is 0.497 e. The van der Waals surface area contributed by atoms with Crippen molar-refractivity contribution in [1.82, 2.24) is 21.3 Å². The van der Waals surface area contributed by atoms with Crippen LogP contribution in [0.1, 0.15) is 172 Å². The Labute approximate surface area is 595 Å². The van der Waals surface area contributed by atoms with Crippen LogP contribution in [0.15, 0.2) is 169 Å². The van der Waals surface area contributed by atoms with Gasteiger partial charge in [-0.1, -0.05) is 163 Å².